The topological polar surface area (TPSA) is 37.3 Å². The fourth-order valence-corrected chi connectivity index (χ4v) is 3.76. The van der Waals surface area contributed by atoms with Crippen LogP contribution in [0.4, 0.5) is 17.6 Å². The molecule has 0 unspecified atom stereocenters. The molecule has 0 bridgehead atoms. The number of fused-ring (bicyclic) bond motifs is 1. The van der Waals surface area contributed by atoms with Crippen LogP contribution in [0, 0.1) is 11.8 Å². The van der Waals surface area contributed by atoms with Gasteiger partial charge in [-0.15, -0.1) is 0 Å². The van der Waals surface area contributed by atoms with Gasteiger partial charge in [0.25, 0.3) is 0 Å². The lowest BCUT2D eigenvalue weighted by atomic mass is 9.78. The molecule has 3 atom stereocenters. The summed E-state index contributed by atoms with van der Waals surface area (Å²) < 4.78 is 52.7. The van der Waals surface area contributed by atoms with Crippen LogP contribution in [0.15, 0.2) is 0 Å². The van der Waals surface area contributed by atoms with Gasteiger partial charge in [0.1, 0.15) is 0 Å². The number of alkyl halides is 4. The number of carboxylic acid groups (broad SMARTS) is 1. The Bertz CT molecular complexity index is 321. The summed E-state index contributed by atoms with van der Waals surface area (Å²) in [6.07, 6.45) is -0.0251. The molecule has 1 heterocycles. The summed E-state index contributed by atoms with van der Waals surface area (Å²) in [5.74, 6) is -7.69. The monoisotopic (exact) mass is 258 g/mol. The number of thioether (sulfide) groups is 1. The van der Waals surface area contributed by atoms with Gasteiger partial charge in [0.2, 0.25) is 0 Å². The number of hydrogen-bond acceptors (Lipinski definition) is 2. The largest absolute Gasteiger partial charge is 0.481 e. The highest BCUT2D eigenvalue weighted by atomic mass is 32.2. The summed E-state index contributed by atoms with van der Waals surface area (Å²) in [5.41, 5.74) is 0. The van der Waals surface area contributed by atoms with E-state index >= 15 is 0 Å². The second kappa shape index (κ2) is 3.51. The third-order valence-electron chi connectivity index (χ3n) is 3.29. The maximum atomic E-state index is 13.3. The first-order chi connectivity index (χ1) is 7.25. The van der Waals surface area contributed by atoms with Gasteiger partial charge in [-0.3, -0.25) is 4.79 Å². The SMILES string of the molecule is O=C(O)[C@@H]1CC[C@@H]2SC(F)(F)C(F)(F)[C@H]2C1. The predicted octanol–water partition coefficient (Wildman–Crippen LogP) is 2.83. The van der Waals surface area contributed by atoms with Gasteiger partial charge in [-0.2, -0.15) is 17.6 Å². The van der Waals surface area contributed by atoms with E-state index in [1.54, 1.807) is 0 Å². The molecule has 2 rings (SSSR count). The van der Waals surface area contributed by atoms with Crippen molar-refractivity contribution in [1.29, 1.82) is 0 Å². The highest BCUT2D eigenvalue weighted by Crippen LogP contribution is 2.62. The van der Waals surface area contributed by atoms with Crippen LogP contribution in [0.5, 0.6) is 0 Å². The second-order valence-corrected chi connectivity index (χ2v) is 5.60. The van der Waals surface area contributed by atoms with Gasteiger partial charge in [-0.25, -0.2) is 0 Å². The highest BCUT2D eigenvalue weighted by Gasteiger charge is 2.70. The Morgan fingerprint density at radius 3 is 2.44 bits per heavy atom. The van der Waals surface area contributed by atoms with Gasteiger partial charge in [0.15, 0.2) is 0 Å². The zero-order valence-corrected chi connectivity index (χ0v) is 8.95. The maximum absolute atomic E-state index is 13.3. The first-order valence-corrected chi connectivity index (χ1v) is 5.80. The van der Waals surface area contributed by atoms with Crippen molar-refractivity contribution in [3.63, 3.8) is 0 Å². The molecule has 1 aliphatic heterocycles. The molecule has 0 radical (unpaired) electrons. The lowest BCUT2D eigenvalue weighted by molar-refractivity contribution is -0.182. The summed E-state index contributed by atoms with van der Waals surface area (Å²) in [6, 6.07) is 0. The first-order valence-electron chi connectivity index (χ1n) is 4.92. The number of halogens is 4. The third-order valence-corrected chi connectivity index (χ3v) is 4.72. The van der Waals surface area contributed by atoms with Crippen molar-refractivity contribution in [2.75, 3.05) is 0 Å². The Hall–Kier alpha value is -0.460. The van der Waals surface area contributed by atoms with Crippen LogP contribution in [0.25, 0.3) is 0 Å². The molecule has 92 valence electrons. The molecule has 2 nitrogen and oxygen atoms in total. The van der Waals surface area contributed by atoms with E-state index in [4.69, 9.17) is 5.11 Å². The minimum Gasteiger partial charge on any atom is -0.481 e. The minimum absolute atomic E-state index is 0.00381. The van der Waals surface area contributed by atoms with Crippen LogP contribution < -0.4 is 0 Å². The molecule has 2 fully saturated rings. The molecule has 0 spiro atoms. The van der Waals surface area contributed by atoms with Crippen molar-refractivity contribution in [1.82, 2.24) is 0 Å². The van der Waals surface area contributed by atoms with E-state index in [0.717, 1.165) is 0 Å². The molecule has 16 heavy (non-hydrogen) atoms. The molecule has 1 N–H and O–H groups in total. The van der Waals surface area contributed by atoms with Crippen LogP contribution in [-0.2, 0) is 4.79 Å². The van der Waals surface area contributed by atoms with Gasteiger partial charge in [-0.1, -0.05) is 11.8 Å². The van der Waals surface area contributed by atoms with Gasteiger partial charge in [-0.05, 0) is 19.3 Å². The number of aliphatic carboxylic acids is 1. The summed E-state index contributed by atoms with van der Waals surface area (Å²) in [5, 5.41) is 3.84. The molecule has 0 aromatic carbocycles. The molecular formula is C9H10F4O2S. The van der Waals surface area contributed by atoms with Crippen LogP contribution in [0.2, 0.25) is 0 Å². The maximum Gasteiger partial charge on any atom is 0.356 e. The summed E-state index contributed by atoms with van der Waals surface area (Å²) >= 11 is -0.00381. The lowest BCUT2D eigenvalue weighted by Gasteiger charge is -2.31. The van der Waals surface area contributed by atoms with Gasteiger partial charge < -0.3 is 5.11 Å². The molecule has 1 saturated heterocycles. The molecule has 0 aromatic heterocycles. The Morgan fingerprint density at radius 2 is 1.88 bits per heavy atom. The van der Waals surface area contributed by atoms with E-state index in [2.05, 4.69) is 0 Å². The molecule has 1 saturated carbocycles. The standard InChI is InChI=1S/C9H10F4O2S/c10-8(11)5-3-4(7(14)15)1-2-6(5)16-9(8,12)13/h4-6H,1-3H2,(H,14,15)/t4-,5+,6+/m1/s1. The molecule has 0 aromatic rings. The Balaban J connectivity index is 2.21. The van der Waals surface area contributed by atoms with Gasteiger partial charge >= 0.3 is 17.1 Å². The first kappa shape index (κ1) is 12.0. The average Bonchev–Trinajstić information content (AvgIpc) is 2.33. The van der Waals surface area contributed by atoms with Gasteiger partial charge in [0.05, 0.1) is 5.92 Å². The van der Waals surface area contributed by atoms with Crippen molar-refractivity contribution in [2.45, 2.75) is 35.7 Å². The van der Waals surface area contributed by atoms with E-state index in [-0.39, 0.29) is 31.0 Å². The quantitative estimate of drug-likeness (QED) is 0.735. The molecule has 2 aliphatic rings. The average molecular weight is 258 g/mol. The Labute approximate surface area is 93.4 Å². The molecular weight excluding hydrogens is 248 g/mol. The van der Waals surface area contributed by atoms with Gasteiger partial charge in [0, 0.05) is 11.2 Å². The summed E-state index contributed by atoms with van der Waals surface area (Å²) in [4.78, 5) is 10.7. The van der Waals surface area contributed by atoms with Crippen LogP contribution in [-0.4, -0.2) is 27.5 Å². The predicted molar refractivity (Wildman–Crippen MR) is 49.7 cm³/mol. The zero-order chi connectivity index (χ0) is 12.1. The van der Waals surface area contributed by atoms with E-state index in [1.165, 1.54) is 0 Å². The minimum atomic E-state index is -4.09. The Morgan fingerprint density at radius 1 is 1.25 bits per heavy atom. The van der Waals surface area contributed by atoms with Crippen molar-refractivity contribution < 1.29 is 27.5 Å². The van der Waals surface area contributed by atoms with E-state index in [1.807, 2.05) is 0 Å². The normalized spacial score (nSPS) is 40.4. The van der Waals surface area contributed by atoms with Crippen LogP contribution in [0.1, 0.15) is 19.3 Å². The fraction of sp³-hybridized carbons (Fsp3) is 0.889. The number of rotatable bonds is 1. The number of carboxylic acids is 1. The van der Waals surface area contributed by atoms with E-state index in [9.17, 15) is 22.4 Å². The van der Waals surface area contributed by atoms with Crippen molar-refractivity contribution in [2.24, 2.45) is 11.8 Å². The third kappa shape index (κ3) is 1.59. The van der Waals surface area contributed by atoms with E-state index < -0.39 is 34.2 Å². The lowest BCUT2D eigenvalue weighted by Crippen LogP contribution is -2.42. The zero-order valence-electron chi connectivity index (χ0n) is 8.13. The number of hydrogen-bond donors (Lipinski definition) is 1. The van der Waals surface area contributed by atoms with Crippen LogP contribution >= 0.6 is 11.8 Å². The highest BCUT2D eigenvalue weighted by molar-refractivity contribution is 8.01. The fourth-order valence-electron chi connectivity index (χ4n) is 2.37. The Kier molecular flexibility index (Phi) is 2.64. The molecule has 7 heteroatoms. The van der Waals surface area contributed by atoms with Crippen LogP contribution in [0.3, 0.4) is 0 Å². The summed E-state index contributed by atoms with van der Waals surface area (Å²) in [7, 11) is 0. The molecule has 1 aliphatic carbocycles. The summed E-state index contributed by atoms with van der Waals surface area (Å²) in [6.45, 7) is 0. The molecule has 0 amide bonds. The second-order valence-electron chi connectivity index (χ2n) is 4.25. The number of carbonyl (C=O) groups is 1. The van der Waals surface area contributed by atoms with Crippen molar-refractivity contribution in [3.8, 4) is 0 Å². The van der Waals surface area contributed by atoms with Crippen molar-refractivity contribution in [3.05, 3.63) is 0 Å². The van der Waals surface area contributed by atoms with Crippen molar-refractivity contribution >= 4 is 17.7 Å². The smallest absolute Gasteiger partial charge is 0.356 e. The van der Waals surface area contributed by atoms with E-state index in [0.29, 0.717) is 0 Å².